The molecule has 1 rings (SSSR count). The number of benzene rings is 1. The highest BCUT2D eigenvalue weighted by Gasteiger charge is 2.34. The molecule has 0 bridgehead atoms. The fourth-order valence-electron chi connectivity index (χ4n) is 4.42. The number of esters is 1. The van der Waals surface area contributed by atoms with E-state index in [0.717, 1.165) is 11.1 Å². The zero-order valence-electron chi connectivity index (χ0n) is 30.9. The Morgan fingerprint density at radius 1 is 0.750 bits per heavy atom. The van der Waals surface area contributed by atoms with Gasteiger partial charge in [0, 0.05) is 12.8 Å². The van der Waals surface area contributed by atoms with Crippen LogP contribution in [0.2, 0.25) is 0 Å². The first kappa shape index (κ1) is 42.2. The summed E-state index contributed by atoms with van der Waals surface area (Å²) in [4.78, 5) is 77.7. The maximum atomic E-state index is 13.8. The number of amides is 4. The van der Waals surface area contributed by atoms with E-state index in [1.54, 1.807) is 55.4 Å². The standard InChI is InChI=1S/C36H58N4O8/c1-22(2)30(40-32(45)26(21-47-35(7,8)9)37-28(42)17-18-29(43)48-36(10,11)12)33(46)38-25(19-24-16-14-13-15-23(24)3)31(44)39-27(20-41)34(4,5)6/h13-16,20,22,25-27,30H,17-19,21H2,1-12H3,(H,37,42)(H,38,46)(H,39,44)(H,40,45)/t25-,26-,27+,30+/m0/s1. The van der Waals surface area contributed by atoms with E-state index in [1.807, 2.05) is 52.0 Å². The summed E-state index contributed by atoms with van der Waals surface area (Å²) in [5, 5.41) is 10.9. The van der Waals surface area contributed by atoms with Crippen molar-refractivity contribution in [1.82, 2.24) is 21.3 Å². The monoisotopic (exact) mass is 674 g/mol. The van der Waals surface area contributed by atoms with Crippen molar-refractivity contribution in [2.45, 2.75) is 138 Å². The van der Waals surface area contributed by atoms with Gasteiger partial charge in [-0.1, -0.05) is 58.9 Å². The van der Waals surface area contributed by atoms with Crippen molar-refractivity contribution >= 4 is 35.9 Å². The average Bonchev–Trinajstić information content (AvgIpc) is 2.93. The van der Waals surface area contributed by atoms with E-state index < -0.39 is 76.3 Å². The molecular weight excluding hydrogens is 616 g/mol. The van der Waals surface area contributed by atoms with Crippen LogP contribution in [0.15, 0.2) is 24.3 Å². The molecule has 0 radical (unpaired) electrons. The molecule has 4 N–H and O–H groups in total. The van der Waals surface area contributed by atoms with Gasteiger partial charge in [-0.3, -0.25) is 24.0 Å². The smallest absolute Gasteiger partial charge is 0.306 e. The fraction of sp³-hybridized carbons (Fsp3) is 0.667. The van der Waals surface area contributed by atoms with Crippen LogP contribution in [-0.2, 0) is 44.7 Å². The minimum absolute atomic E-state index is 0.147. The molecule has 12 nitrogen and oxygen atoms in total. The normalized spacial score (nSPS) is 14.6. The zero-order chi connectivity index (χ0) is 37.0. The summed E-state index contributed by atoms with van der Waals surface area (Å²) in [7, 11) is 0. The molecule has 0 unspecified atom stereocenters. The number of ether oxygens (including phenoxy) is 2. The molecule has 4 atom stereocenters. The molecule has 270 valence electrons. The van der Waals surface area contributed by atoms with Crippen molar-refractivity contribution < 1.29 is 38.2 Å². The molecule has 0 saturated heterocycles. The SMILES string of the molecule is Cc1ccccc1C[C@H](NC(=O)[C@H](NC(=O)[C@H](COC(C)(C)C)NC(=O)CCC(=O)OC(C)(C)C)C(C)C)C(=O)N[C@H](C=O)C(C)(C)C. The maximum Gasteiger partial charge on any atom is 0.306 e. The number of hydrogen-bond donors (Lipinski definition) is 4. The zero-order valence-corrected chi connectivity index (χ0v) is 30.9. The molecule has 1 aromatic rings. The molecule has 0 spiro atoms. The number of rotatable bonds is 16. The number of aldehydes is 1. The molecular formula is C36H58N4O8. The van der Waals surface area contributed by atoms with Crippen LogP contribution in [-0.4, -0.2) is 77.9 Å². The number of nitrogens with one attached hydrogen (secondary N) is 4. The number of carbonyl (C=O) groups excluding carboxylic acids is 6. The molecule has 0 aromatic heterocycles. The Balaban J connectivity index is 3.23. The van der Waals surface area contributed by atoms with E-state index in [9.17, 15) is 28.8 Å². The molecule has 12 heteroatoms. The van der Waals surface area contributed by atoms with Gasteiger partial charge in [0.2, 0.25) is 23.6 Å². The fourth-order valence-corrected chi connectivity index (χ4v) is 4.42. The summed E-state index contributed by atoms with van der Waals surface area (Å²) in [6.07, 6.45) is 0.422. The van der Waals surface area contributed by atoms with Crippen molar-refractivity contribution in [3.05, 3.63) is 35.4 Å². The van der Waals surface area contributed by atoms with Crippen molar-refractivity contribution in [3.8, 4) is 0 Å². The summed E-state index contributed by atoms with van der Waals surface area (Å²) in [5.74, 6) is -3.36. The minimum Gasteiger partial charge on any atom is -0.460 e. The lowest BCUT2D eigenvalue weighted by atomic mass is 9.87. The first-order valence-electron chi connectivity index (χ1n) is 16.5. The second-order valence-electron chi connectivity index (χ2n) is 15.5. The Morgan fingerprint density at radius 3 is 1.83 bits per heavy atom. The molecule has 0 heterocycles. The van der Waals surface area contributed by atoms with Crippen LogP contribution in [0.1, 0.15) is 100 Å². The van der Waals surface area contributed by atoms with Gasteiger partial charge in [0.1, 0.15) is 30.0 Å². The summed E-state index contributed by atoms with van der Waals surface area (Å²) in [6.45, 7) is 21.2. The summed E-state index contributed by atoms with van der Waals surface area (Å²) in [6, 6.07) is 3.32. The van der Waals surface area contributed by atoms with Crippen LogP contribution >= 0.6 is 0 Å². The van der Waals surface area contributed by atoms with Gasteiger partial charge >= 0.3 is 5.97 Å². The van der Waals surface area contributed by atoms with Crippen LogP contribution in [0.25, 0.3) is 0 Å². The molecule has 0 saturated carbocycles. The highest BCUT2D eigenvalue weighted by atomic mass is 16.6. The lowest BCUT2D eigenvalue weighted by molar-refractivity contribution is -0.155. The third-order valence-electron chi connectivity index (χ3n) is 7.24. The third kappa shape index (κ3) is 15.9. The largest absolute Gasteiger partial charge is 0.460 e. The van der Waals surface area contributed by atoms with Crippen LogP contribution in [0.5, 0.6) is 0 Å². The van der Waals surface area contributed by atoms with Gasteiger partial charge < -0.3 is 35.5 Å². The number of hydrogen-bond acceptors (Lipinski definition) is 8. The van der Waals surface area contributed by atoms with E-state index in [4.69, 9.17) is 9.47 Å². The van der Waals surface area contributed by atoms with E-state index in [1.165, 1.54) is 0 Å². The predicted octanol–water partition coefficient (Wildman–Crippen LogP) is 3.31. The first-order valence-corrected chi connectivity index (χ1v) is 16.5. The molecule has 0 aliphatic rings. The Morgan fingerprint density at radius 2 is 1.33 bits per heavy atom. The Kier molecular flexibility index (Phi) is 15.9. The van der Waals surface area contributed by atoms with Gasteiger partial charge in [0.15, 0.2) is 0 Å². The van der Waals surface area contributed by atoms with Crippen molar-refractivity contribution in [2.75, 3.05) is 6.61 Å². The van der Waals surface area contributed by atoms with Gasteiger partial charge in [-0.15, -0.1) is 0 Å². The second kappa shape index (κ2) is 18.1. The van der Waals surface area contributed by atoms with E-state index in [2.05, 4.69) is 21.3 Å². The Hall–Kier alpha value is -3.80. The predicted molar refractivity (Wildman–Crippen MR) is 184 cm³/mol. The van der Waals surface area contributed by atoms with Gasteiger partial charge in [-0.25, -0.2) is 0 Å². The Labute approximate surface area is 286 Å². The molecule has 4 amide bonds. The molecule has 0 fully saturated rings. The highest BCUT2D eigenvalue weighted by molar-refractivity contribution is 5.95. The Bertz CT molecular complexity index is 1270. The third-order valence-corrected chi connectivity index (χ3v) is 7.24. The van der Waals surface area contributed by atoms with Crippen molar-refractivity contribution in [3.63, 3.8) is 0 Å². The van der Waals surface area contributed by atoms with Crippen LogP contribution in [0.3, 0.4) is 0 Å². The summed E-state index contributed by atoms with van der Waals surface area (Å²) in [5.41, 5.74) is -0.160. The molecule has 0 aliphatic heterocycles. The van der Waals surface area contributed by atoms with Gasteiger partial charge in [-0.05, 0) is 70.9 Å². The summed E-state index contributed by atoms with van der Waals surface area (Å²) >= 11 is 0. The molecule has 1 aromatic carbocycles. The van der Waals surface area contributed by atoms with E-state index in [0.29, 0.717) is 6.29 Å². The number of carbonyl (C=O) groups is 6. The quantitative estimate of drug-likeness (QED) is 0.153. The second-order valence-corrected chi connectivity index (χ2v) is 15.5. The van der Waals surface area contributed by atoms with Gasteiger partial charge in [0.05, 0.1) is 24.7 Å². The van der Waals surface area contributed by atoms with E-state index in [-0.39, 0.29) is 25.9 Å². The first-order chi connectivity index (χ1) is 21.9. The van der Waals surface area contributed by atoms with E-state index >= 15 is 0 Å². The molecule has 48 heavy (non-hydrogen) atoms. The maximum absolute atomic E-state index is 13.8. The average molecular weight is 675 g/mol. The van der Waals surface area contributed by atoms with Crippen molar-refractivity contribution in [2.24, 2.45) is 11.3 Å². The number of aryl methyl sites for hydroxylation is 1. The lowest BCUT2D eigenvalue weighted by Gasteiger charge is -2.31. The van der Waals surface area contributed by atoms with Crippen LogP contribution < -0.4 is 21.3 Å². The van der Waals surface area contributed by atoms with Crippen LogP contribution in [0, 0.1) is 18.3 Å². The lowest BCUT2D eigenvalue weighted by Crippen LogP contribution is -2.60. The summed E-state index contributed by atoms with van der Waals surface area (Å²) < 4.78 is 11.1. The van der Waals surface area contributed by atoms with Crippen molar-refractivity contribution in [1.29, 1.82) is 0 Å². The molecule has 0 aliphatic carbocycles. The van der Waals surface area contributed by atoms with Gasteiger partial charge in [0.25, 0.3) is 0 Å². The topological polar surface area (TPSA) is 169 Å². The highest BCUT2D eigenvalue weighted by Crippen LogP contribution is 2.19. The minimum atomic E-state index is -1.18. The van der Waals surface area contributed by atoms with Gasteiger partial charge in [-0.2, -0.15) is 0 Å². The van der Waals surface area contributed by atoms with Crippen LogP contribution in [0.4, 0.5) is 0 Å².